The molecule has 0 unspecified atom stereocenters. The number of pyridine rings is 4. The molecule has 0 bridgehead atoms. The van der Waals surface area contributed by atoms with E-state index in [1.54, 1.807) is 22.7 Å². The van der Waals surface area contributed by atoms with E-state index in [-0.39, 0.29) is 0 Å². The molecular formula is C32H22N4S2. The topological polar surface area (TPSA) is 51.6 Å². The predicted octanol–water partition coefficient (Wildman–Crippen LogP) is 8.98. The summed E-state index contributed by atoms with van der Waals surface area (Å²) < 4.78 is 0. The van der Waals surface area contributed by atoms with Crippen molar-refractivity contribution in [3.8, 4) is 41.8 Å². The first-order valence-electron chi connectivity index (χ1n) is 12.3. The van der Waals surface area contributed by atoms with Gasteiger partial charge in [-0.3, -0.25) is 19.9 Å². The van der Waals surface area contributed by atoms with Crippen molar-refractivity contribution in [1.29, 1.82) is 0 Å². The highest BCUT2D eigenvalue weighted by molar-refractivity contribution is 7.19. The third-order valence-electron chi connectivity index (χ3n) is 6.79. The van der Waals surface area contributed by atoms with Crippen molar-refractivity contribution in [3.63, 3.8) is 0 Å². The quantitative estimate of drug-likeness (QED) is 0.215. The molecule has 4 nitrogen and oxygen atoms in total. The molecule has 1 aromatic carbocycles. The Morgan fingerprint density at radius 3 is 1.34 bits per heavy atom. The van der Waals surface area contributed by atoms with Crippen LogP contribution in [0.4, 0.5) is 0 Å². The van der Waals surface area contributed by atoms with Crippen LogP contribution in [0.5, 0.6) is 0 Å². The van der Waals surface area contributed by atoms with Crippen LogP contribution in [0.15, 0.2) is 97.8 Å². The Hall–Kier alpha value is -4.26. The van der Waals surface area contributed by atoms with Crippen molar-refractivity contribution in [2.24, 2.45) is 0 Å². The normalized spacial score (nSPS) is 11.4. The molecule has 7 rings (SSSR count). The van der Waals surface area contributed by atoms with Crippen LogP contribution < -0.4 is 0 Å². The molecule has 182 valence electrons. The number of aromatic nitrogens is 4. The lowest BCUT2D eigenvalue weighted by atomic mass is 10.0. The minimum absolute atomic E-state index is 0.932. The third kappa shape index (κ3) is 3.99. The molecule has 0 amide bonds. The summed E-state index contributed by atoms with van der Waals surface area (Å²) >= 11 is 3.59. The van der Waals surface area contributed by atoms with Crippen LogP contribution in [0.3, 0.4) is 0 Å². The van der Waals surface area contributed by atoms with E-state index in [9.17, 15) is 0 Å². The number of thiophene rings is 2. The number of aryl methyl sites for hydroxylation is 2. The van der Waals surface area contributed by atoms with Gasteiger partial charge in [-0.25, -0.2) is 0 Å². The Labute approximate surface area is 228 Å². The van der Waals surface area contributed by atoms with E-state index in [0.29, 0.717) is 0 Å². The molecule has 0 aliphatic carbocycles. The van der Waals surface area contributed by atoms with Crippen molar-refractivity contribution in [2.75, 3.05) is 0 Å². The second kappa shape index (κ2) is 9.24. The van der Waals surface area contributed by atoms with Crippen LogP contribution in [0, 0.1) is 13.8 Å². The summed E-state index contributed by atoms with van der Waals surface area (Å²) in [6, 6.07) is 21.5. The van der Waals surface area contributed by atoms with Gasteiger partial charge in [0.1, 0.15) is 0 Å². The lowest BCUT2D eigenvalue weighted by molar-refractivity contribution is 1.33. The summed E-state index contributed by atoms with van der Waals surface area (Å²) in [6.07, 6.45) is 11.3. The van der Waals surface area contributed by atoms with E-state index in [1.165, 1.54) is 41.8 Å². The number of benzene rings is 1. The molecule has 0 aliphatic rings. The molecule has 6 aromatic heterocycles. The van der Waals surface area contributed by atoms with Crippen molar-refractivity contribution in [2.45, 2.75) is 13.8 Å². The number of nitrogens with zero attached hydrogens (tertiary/aromatic N) is 4. The minimum atomic E-state index is 0.932. The summed E-state index contributed by atoms with van der Waals surface area (Å²) in [6.45, 7) is 4.33. The summed E-state index contributed by atoms with van der Waals surface area (Å²) in [5.41, 5.74) is 9.01. The largest absolute Gasteiger partial charge is 0.265 e. The Balaban J connectivity index is 1.26. The molecule has 0 saturated heterocycles. The van der Waals surface area contributed by atoms with E-state index in [0.717, 1.165) is 32.9 Å². The van der Waals surface area contributed by atoms with Gasteiger partial charge in [0.05, 0.1) is 11.0 Å². The van der Waals surface area contributed by atoms with E-state index >= 15 is 0 Å². The van der Waals surface area contributed by atoms with E-state index in [4.69, 9.17) is 9.97 Å². The first kappa shape index (κ1) is 22.9. The molecular weight excluding hydrogens is 505 g/mol. The molecule has 0 radical (unpaired) electrons. The van der Waals surface area contributed by atoms with Gasteiger partial charge in [-0.1, -0.05) is 12.1 Å². The zero-order chi connectivity index (χ0) is 25.6. The third-order valence-corrected chi connectivity index (χ3v) is 9.46. The van der Waals surface area contributed by atoms with Gasteiger partial charge in [0.15, 0.2) is 0 Å². The fourth-order valence-electron chi connectivity index (χ4n) is 4.90. The summed E-state index contributed by atoms with van der Waals surface area (Å²) in [5.74, 6) is 0. The highest BCUT2D eigenvalue weighted by atomic mass is 32.1. The lowest BCUT2D eigenvalue weighted by Gasteiger charge is -2.07. The summed E-state index contributed by atoms with van der Waals surface area (Å²) in [5, 5.41) is 2.20. The monoisotopic (exact) mass is 526 g/mol. The van der Waals surface area contributed by atoms with E-state index < -0.39 is 0 Å². The lowest BCUT2D eigenvalue weighted by Crippen LogP contribution is -1.88. The van der Waals surface area contributed by atoms with E-state index in [2.05, 4.69) is 84.5 Å². The minimum Gasteiger partial charge on any atom is -0.265 e. The average molecular weight is 527 g/mol. The molecule has 0 spiro atoms. The van der Waals surface area contributed by atoms with Gasteiger partial charge in [0, 0.05) is 78.6 Å². The zero-order valence-electron chi connectivity index (χ0n) is 20.8. The molecule has 6 heterocycles. The van der Waals surface area contributed by atoms with Crippen LogP contribution in [0.25, 0.3) is 63.6 Å². The Bertz CT molecular complexity index is 1800. The maximum Gasteiger partial charge on any atom is 0.0965 e. The zero-order valence-corrected chi connectivity index (χ0v) is 22.5. The fraction of sp³-hybridized carbons (Fsp3) is 0.0625. The predicted molar refractivity (Wildman–Crippen MR) is 160 cm³/mol. The highest BCUT2D eigenvalue weighted by Crippen LogP contribution is 2.40. The van der Waals surface area contributed by atoms with Gasteiger partial charge >= 0.3 is 0 Å². The van der Waals surface area contributed by atoms with Gasteiger partial charge in [-0.2, -0.15) is 0 Å². The van der Waals surface area contributed by atoms with Crippen LogP contribution in [0.1, 0.15) is 11.1 Å². The molecule has 38 heavy (non-hydrogen) atoms. The Morgan fingerprint density at radius 2 is 0.921 bits per heavy atom. The van der Waals surface area contributed by atoms with Crippen LogP contribution in [-0.4, -0.2) is 19.9 Å². The number of hydrogen-bond acceptors (Lipinski definition) is 6. The maximum atomic E-state index is 4.90. The first-order chi connectivity index (χ1) is 18.6. The first-order valence-corrected chi connectivity index (χ1v) is 14.0. The maximum absolute atomic E-state index is 4.90. The Morgan fingerprint density at radius 1 is 0.500 bits per heavy atom. The van der Waals surface area contributed by atoms with Crippen LogP contribution in [0.2, 0.25) is 0 Å². The molecule has 0 fully saturated rings. The van der Waals surface area contributed by atoms with Gasteiger partial charge in [0.25, 0.3) is 0 Å². The summed E-state index contributed by atoms with van der Waals surface area (Å²) in [7, 11) is 0. The molecule has 6 heteroatoms. The molecule has 7 aromatic rings. The second-order valence-corrected chi connectivity index (χ2v) is 11.5. The van der Waals surface area contributed by atoms with Crippen molar-refractivity contribution in [3.05, 3.63) is 109 Å². The van der Waals surface area contributed by atoms with Crippen molar-refractivity contribution < 1.29 is 0 Å². The van der Waals surface area contributed by atoms with Gasteiger partial charge in [0.2, 0.25) is 0 Å². The van der Waals surface area contributed by atoms with Gasteiger partial charge in [-0.05, 0) is 84.6 Å². The smallest absolute Gasteiger partial charge is 0.0965 e. The van der Waals surface area contributed by atoms with E-state index in [1.807, 2.05) is 37.2 Å². The molecule has 0 N–H and O–H groups in total. The van der Waals surface area contributed by atoms with Gasteiger partial charge < -0.3 is 0 Å². The van der Waals surface area contributed by atoms with Crippen molar-refractivity contribution >= 4 is 44.5 Å². The SMILES string of the molecule is Cc1cc(-c2ccncc2)sc1-c1cnc2c(ccc3cc(-c4sc(-c5ccncc5)cc4C)cnc32)c1. The number of rotatable bonds is 4. The molecule has 0 atom stereocenters. The number of hydrogen-bond donors (Lipinski definition) is 0. The summed E-state index contributed by atoms with van der Waals surface area (Å²) in [4.78, 5) is 23.1. The fourth-order valence-corrected chi connectivity index (χ4v) is 7.21. The number of fused-ring (bicyclic) bond motifs is 3. The average Bonchev–Trinajstić information content (AvgIpc) is 3.56. The standard InChI is InChI=1S/C32H22N4S2/c1-19-13-27(21-5-9-33-10-6-21)37-31(19)25-15-23-3-4-24-16-26(18-36-30(24)29(23)35-17-25)32-20(2)14-28(38-32)22-7-11-34-12-8-22/h3-18H,1-2H3. The second-order valence-electron chi connectivity index (χ2n) is 9.37. The highest BCUT2D eigenvalue weighted by Gasteiger charge is 2.14. The molecule has 0 aliphatic heterocycles. The van der Waals surface area contributed by atoms with Crippen LogP contribution in [-0.2, 0) is 0 Å². The Kier molecular flexibility index (Phi) is 5.57. The van der Waals surface area contributed by atoms with Crippen molar-refractivity contribution in [1.82, 2.24) is 19.9 Å². The molecule has 0 saturated carbocycles. The van der Waals surface area contributed by atoms with Gasteiger partial charge in [-0.15, -0.1) is 22.7 Å². The van der Waals surface area contributed by atoms with Crippen LogP contribution >= 0.6 is 22.7 Å².